The number of aromatic nitrogens is 1. The number of rotatable bonds is 10. The molecule has 0 saturated heterocycles. The number of anilines is 1. The molecule has 0 bridgehead atoms. The Kier molecular flexibility index (Phi) is 8.12. The number of esters is 1. The van der Waals surface area contributed by atoms with Crippen LogP contribution in [-0.4, -0.2) is 57.1 Å². The monoisotopic (exact) mass is 304 g/mol. The van der Waals surface area contributed by atoms with E-state index in [-0.39, 0.29) is 6.61 Å². The van der Waals surface area contributed by atoms with Crippen molar-refractivity contribution in [1.29, 1.82) is 0 Å². The van der Waals surface area contributed by atoms with E-state index in [9.17, 15) is 4.79 Å². The van der Waals surface area contributed by atoms with E-state index in [4.69, 9.17) is 24.7 Å². The average molecular weight is 304 g/mol. The van der Waals surface area contributed by atoms with Crippen molar-refractivity contribution < 1.29 is 23.7 Å². The summed E-state index contributed by atoms with van der Waals surface area (Å²) in [6, 6.07) is 0. The van der Waals surface area contributed by atoms with E-state index in [1.54, 1.807) is 14.0 Å². The number of methoxy groups -OCH3 is 1. The van der Waals surface area contributed by atoms with Crippen LogP contribution in [0.25, 0.3) is 0 Å². The molecule has 20 heavy (non-hydrogen) atoms. The van der Waals surface area contributed by atoms with E-state index in [1.807, 2.05) is 0 Å². The Hall–Kier alpha value is -1.22. The molecule has 1 rings (SSSR count). The lowest BCUT2D eigenvalue weighted by atomic mass is 10.2. The minimum absolute atomic E-state index is 0.172. The highest BCUT2D eigenvalue weighted by Crippen LogP contribution is 2.21. The molecular weight excluding hydrogens is 284 g/mol. The highest BCUT2D eigenvalue weighted by Gasteiger charge is 2.17. The van der Waals surface area contributed by atoms with E-state index >= 15 is 0 Å². The van der Waals surface area contributed by atoms with E-state index in [2.05, 4.69) is 4.37 Å². The van der Waals surface area contributed by atoms with Gasteiger partial charge in [-0.3, -0.25) is 0 Å². The van der Waals surface area contributed by atoms with Crippen molar-refractivity contribution in [2.75, 3.05) is 52.5 Å². The quantitative estimate of drug-likeness (QED) is 0.506. The smallest absolute Gasteiger partial charge is 0.343 e. The molecule has 0 saturated carbocycles. The minimum atomic E-state index is -0.464. The number of hydrogen-bond donors (Lipinski definition) is 1. The highest BCUT2D eigenvalue weighted by molar-refractivity contribution is 7.10. The van der Waals surface area contributed by atoms with Gasteiger partial charge >= 0.3 is 5.97 Å². The molecule has 0 radical (unpaired) electrons. The lowest BCUT2D eigenvalue weighted by Crippen LogP contribution is -2.14. The van der Waals surface area contributed by atoms with Gasteiger partial charge in [0.05, 0.1) is 38.7 Å². The van der Waals surface area contributed by atoms with Crippen molar-refractivity contribution in [3.05, 3.63) is 11.3 Å². The van der Waals surface area contributed by atoms with Crippen LogP contribution >= 0.6 is 11.5 Å². The van der Waals surface area contributed by atoms with Crippen molar-refractivity contribution in [3.63, 3.8) is 0 Å². The number of aryl methyl sites for hydroxylation is 1. The zero-order valence-electron chi connectivity index (χ0n) is 11.7. The van der Waals surface area contributed by atoms with Gasteiger partial charge in [0.15, 0.2) is 0 Å². The van der Waals surface area contributed by atoms with Crippen LogP contribution < -0.4 is 5.73 Å². The van der Waals surface area contributed by atoms with Gasteiger partial charge in [-0.25, -0.2) is 4.79 Å². The molecule has 0 aromatic carbocycles. The molecule has 0 spiro atoms. The molecule has 0 atom stereocenters. The van der Waals surface area contributed by atoms with Gasteiger partial charge in [0.1, 0.15) is 17.2 Å². The molecule has 0 fully saturated rings. The molecule has 0 aliphatic carbocycles. The number of nitrogen functional groups attached to an aromatic ring is 1. The van der Waals surface area contributed by atoms with E-state index < -0.39 is 5.97 Å². The maximum atomic E-state index is 11.7. The van der Waals surface area contributed by atoms with Gasteiger partial charge in [0, 0.05) is 7.11 Å². The zero-order chi connectivity index (χ0) is 14.8. The number of carbonyl (C=O) groups is 1. The Morgan fingerprint density at radius 3 is 2.30 bits per heavy atom. The third-order valence-corrected chi connectivity index (χ3v) is 3.12. The van der Waals surface area contributed by atoms with Gasteiger partial charge in [-0.1, -0.05) is 0 Å². The Morgan fingerprint density at radius 1 is 1.15 bits per heavy atom. The SMILES string of the molecule is COCCOCCOCCOC(=O)c1c(C)nsc1N. The highest BCUT2D eigenvalue weighted by atomic mass is 32.1. The lowest BCUT2D eigenvalue weighted by molar-refractivity contribution is 0.00572. The van der Waals surface area contributed by atoms with Crippen molar-refractivity contribution in [2.45, 2.75) is 6.92 Å². The van der Waals surface area contributed by atoms with E-state index in [0.717, 1.165) is 11.5 Å². The molecule has 1 aromatic heterocycles. The summed E-state index contributed by atoms with van der Waals surface area (Å²) in [5, 5.41) is 0.375. The summed E-state index contributed by atoms with van der Waals surface area (Å²) in [5.74, 6) is -0.464. The molecule has 8 heteroatoms. The largest absolute Gasteiger partial charge is 0.460 e. The van der Waals surface area contributed by atoms with Crippen LogP contribution in [0, 0.1) is 6.92 Å². The van der Waals surface area contributed by atoms with Gasteiger partial charge in [-0.2, -0.15) is 4.37 Å². The molecule has 0 unspecified atom stereocenters. The molecular formula is C12H20N2O5S. The Bertz CT molecular complexity index is 391. The minimum Gasteiger partial charge on any atom is -0.460 e. The fourth-order valence-electron chi connectivity index (χ4n) is 1.37. The molecule has 0 aliphatic heterocycles. The predicted octanol–water partition coefficient (Wildman–Crippen LogP) is 0.870. The Morgan fingerprint density at radius 2 is 1.75 bits per heavy atom. The number of nitrogens with zero attached hydrogens (tertiary/aromatic N) is 1. The Balaban J connectivity index is 2.06. The van der Waals surface area contributed by atoms with Gasteiger partial charge in [0.25, 0.3) is 0 Å². The molecule has 1 aromatic rings. The number of hydrogen-bond acceptors (Lipinski definition) is 8. The molecule has 0 aliphatic rings. The third-order valence-electron chi connectivity index (χ3n) is 2.36. The second kappa shape index (κ2) is 9.65. The summed E-state index contributed by atoms with van der Waals surface area (Å²) in [5.41, 5.74) is 6.58. The Labute approximate surface area is 122 Å². The van der Waals surface area contributed by atoms with E-state index in [0.29, 0.717) is 49.3 Å². The van der Waals surface area contributed by atoms with Gasteiger partial charge in [-0.15, -0.1) is 0 Å². The van der Waals surface area contributed by atoms with Gasteiger partial charge < -0.3 is 24.7 Å². The lowest BCUT2D eigenvalue weighted by Gasteiger charge is -2.07. The maximum absolute atomic E-state index is 11.7. The second-order valence-corrected chi connectivity index (χ2v) is 4.67. The number of nitrogens with two attached hydrogens (primary N) is 1. The molecule has 1 heterocycles. The third kappa shape index (κ3) is 5.83. The predicted molar refractivity (Wildman–Crippen MR) is 75.1 cm³/mol. The van der Waals surface area contributed by atoms with Crippen LogP contribution in [0.5, 0.6) is 0 Å². The number of carbonyl (C=O) groups excluding carboxylic acids is 1. The summed E-state index contributed by atoms with van der Waals surface area (Å²) >= 11 is 1.09. The average Bonchev–Trinajstić information content (AvgIpc) is 2.76. The van der Waals surface area contributed by atoms with Crippen LogP contribution in [0.3, 0.4) is 0 Å². The first-order valence-corrected chi connectivity index (χ1v) is 6.97. The summed E-state index contributed by atoms with van der Waals surface area (Å²) in [4.78, 5) is 11.7. The topological polar surface area (TPSA) is 92.9 Å². The molecule has 2 N–H and O–H groups in total. The fourth-order valence-corrected chi connectivity index (χ4v) is 2.01. The normalized spacial score (nSPS) is 10.7. The molecule has 0 amide bonds. The first kappa shape index (κ1) is 16.8. The second-order valence-electron chi connectivity index (χ2n) is 3.86. The van der Waals surface area contributed by atoms with E-state index in [1.165, 1.54) is 0 Å². The van der Waals surface area contributed by atoms with Gasteiger partial charge in [0.2, 0.25) is 0 Å². The summed E-state index contributed by atoms with van der Waals surface area (Å²) in [6.07, 6.45) is 0. The van der Waals surface area contributed by atoms with Crippen molar-refractivity contribution in [1.82, 2.24) is 4.37 Å². The standard InChI is InChI=1S/C12H20N2O5S/c1-9-10(11(13)20-14-9)12(15)19-8-7-18-6-5-17-4-3-16-2/h3-8,13H2,1-2H3. The summed E-state index contributed by atoms with van der Waals surface area (Å²) < 4.78 is 24.3. The first-order chi connectivity index (χ1) is 9.66. The molecule has 7 nitrogen and oxygen atoms in total. The van der Waals surface area contributed by atoms with Crippen LogP contribution in [0.1, 0.15) is 16.1 Å². The van der Waals surface area contributed by atoms with Gasteiger partial charge in [-0.05, 0) is 18.5 Å². The number of ether oxygens (including phenoxy) is 4. The van der Waals surface area contributed by atoms with Crippen molar-refractivity contribution in [3.8, 4) is 0 Å². The maximum Gasteiger partial charge on any atom is 0.343 e. The fraction of sp³-hybridized carbons (Fsp3) is 0.667. The van der Waals surface area contributed by atoms with Crippen LogP contribution in [-0.2, 0) is 18.9 Å². The molecule has 114 valence electrons. The van der Waals surface area contributed by atoms with Crippen LogP contribution in [0.15, 0.2) is 0 Å². The summed E-state index contributed by atoms with van der Waals surface area (Å²) in [7, 11) is 1.62. The zero-order valence-corrected chi connectivity index (χ0v) is 12.5. The summed E-state index contributed by atoms with van der Waals surface area (Å²) in [6.45, 7) is 4.24. The first-order valence-electron chi connectivity index (χ1n) is 6.20. The van der Waals surface area contributed by atoms with Crippen LogP contribution in [0.2, 0.25) is 0 Å². The van der Waals surface area contributed by atoms with Crippen LogP contribution in [0.4, 0.5) is 5.00 Å². The van der Waals surface area contributed by atoms with Crippen molar-refractivity contribution >= 4 is 22.5 Å². The van der Waals surface area contributed by atoms with Crippen molar-refractivity contribution in [2.24, 2.45) is 0 Å².